The summed E-state index contributed by atoms with van der Waals surface area (Å²) in [6, 6.07) is 7.82. The van der Waals surface area contributed by atoms with Gasteiger partial charge in [-0.25, -0.2) is 0 Å². The largest absolute Gasteiger partial charge is 0.368 e. The van der Waals surface area contributed by atoms with Crippen molar-refractivity contribution in [1.29, 1.82) is 0 Å². The summed E-state index contributed by atoms with van der Waals surface area (Å²) in [5.41, 5.74) is 1.90. The molecule has 3 atom stereocenters. The van der Waals surface area contributed by atoms with Crippen LogP contribution in [0.1, 0.15) is 49.4 Å². The number of amides is 1. The number of carbonyl (C=O) groups is 2. The van der Waals surface area contributed by atoms with E-state index in [0.29, 0.717) is 11.8 Å². The molecule has 3 aliphatic rings. The summed E-state index contributed by atoms with van der Waals surface area (Å²) in [4.78, 5) is 28.4. The fourth-order valence-electron chi connectivity index (χ4n) is 5.10. The number of nitrogens with zero attached hydrogens (tertiary/aromatic N) is 2. The van der Waals surface area contributed by atoms with Gasteiger partial charge in [-0.3, -0.25) is 9.59 Å². The highest BCUT2D eigenvalue weighted by molar-refractivity contribution is 5.94. The molecular weight excluding hydrogens is 312 g/mol. The average Bonchev–Trinajstić information content (AvgIpc) is 3.25. The van der Waals surface area contributed by atoms with Crippen molar-refractivity contribution in [2.24, 2.45) is 17.8 Å². The predicted octanol–water partition coefficient (Wildman–Crippen LogP) is 3.36. The molecule has 134 valence electrons. The summed E-state index contributed by atoms with van der Waals surface area (Å²) in [6.07, 6.45) is 6.19. The highest BCUT2D eigenvalue weighted by atomic mass is 16.2. The Balaban J connectivity index is 1.29. The molecule has 0 radical (unpaired) electrons. The van der Waals surface area contributed by atoms with E-state index in [1.807, 2.05) is 24.3 Å². The third-order valence-corrected chi connectivity index (χ3v) is 6.59. The molecule has 0 aromatic heterocycles. The second-order valence-corrected chi connectivity index (χ2v) is 8.11. The van der Waals surface area contributed by atoms with Crippen LogP contribution in [0.4, 0.5) is 5.69 Å². The van der Waals surface area contributed by atoms with E-state index in [0.717, 1.165) is 55.7 Å². The second-order valence-electron chi connectivity index (χ2n) is 8.11. The number of anilines is 1. The van der Waals surface area contributed by atoms with Crippen molar-refractivity contribution in [3.63, 3.8) is 0 Å². The summed E-state index contributed by atoms with van der Waals surface area (Å²) in [6.45, 7) is 4.97. The zero-order chi connectivity index (χ0) is 17.4. The molecule has 4 heteroatoms. The molecule has 3 fully saturated rings. The van der Waals surface area contributed by atoms with Crippen molar-refractivity contribution in [1.82, 2.24) is 4.90 Å². The first-order valence-corrected chi connectivity index (χ1v) is 9.74. The van der Waals surface area contributed by atoms with Gasteiger partial charge in [-0.1, -0.05) is 6.42 Å². The first kappa shape index (κ1) is 16.6. The molecule has 1 aliphatic heterocycles. The van der Waals surface area contributed by atoms with Crippen molar-refractivity contribution in [2.45, 2.75) is 39.0 Å². The Hall–Kier alpha value is -1.84. The quantitative estimate of drug-likeness (QED) is 0.789. The predicted molar refractivity (Wildman–Crippen MR) is 98.8 cm³/mol. The smallest absolute Gasteiger partial charge is 0.222 e. The summed E-state index contributed by atoms with van der Waals surface area (Å²) in [5, 5.41) is 0. The van der Waals surface area contributed by atoms with E-state index in [4.69, 9.17) is 0 Å². The van der Waals surface area contributed by atoms with Gasteiger partial charge >= 0.3 is 0 Å². The minimum absolute atomic E-state index is 0.0996. The minimum Gasteiger partial charge on any atom is -0.368 e. The Bertz CT molecular complexity index is 646. The average molecular weight is 340 g/mol. The number of piperazine rings is 1. The maximum absolute atomic E-state index is 12.7. The lowest BCUT2D eigenvalue weighted by Gasteiger charge is -2.37. The maximum Gasteiger partial charge on any atom is 0.222 e. The SMILES string of the molecule is CC(=O)c1ccc(N2CCN(C(=O)C[C@@H]3C[C@H]4CC[C@@H]3C4)CC2)cc1. The number of carbonyl (C=O) groups excluding carboxylic acids is 2. The highest BCUT2D eigenvalue weighted by Gasteiger charge is 2.40. The summed E-state index contributed by atoms with van der Waals surface area (Å²) in [7, 11) is 0. The molecule has 4 rings (SSSR count). The normalized spacial score (nSPS) is 28.4. The molecule has 2 aliphatic carbocycles. The van der Waals surface area contributed by atoms with Crippen molar-refractivity contribution in [3.8, 4) is 0 Å². The lowest BCUT2D eigenvalue weighted by atomic mass is 9.86. The van der Waals surface area contributed by atoms with Crippen LogP contribution in [0, 0.1) is 17.8 Å². The van der Waals surface area contributed by atoms with Gasteiger partial charge in [-0.05, 0) is 68.2 Å². The topological polar surface area (TPSA) is 40.6 Å². The van der Waals surface area contributed by atoms with Gasteiger partial charge in [-0.2, -0.15) is 0 Å². The van der Waals surface area contributed by atoms with E-state index >= 15 is 0 Å². The van der Waals surface area contributed by atoms with Crippen LogP contribution in [0.3, 0.4) is 0 Å². The molecule has 2 saturated carbocycles. The monoisotopic (exact) mass is 340 g/mol. The maximum atomic E-state index is 12.7. The van der Waals surface area contributed by atoms with E-state index < -0.39 is 0 Å². The van der Waals surface area contributed by atoms with Crippen molar-refractivity contribution in [2.75, 3.05) is 31.1 Å². The van der Waals surface area contributed by atoms with E-state index in [1.165, 1.54) is 25.7 Å². The lowest BCUT2D eigenvalue weighted by molar-refractivity contribution is -0.132. The van der Waals surface area contributed by atoms with Gasteiger partial charge in [0.15, 0.2) is 5.78 Å². The number of hydrogen-bond donors (Lipinski definition) is 0. The zero-order valence-corrected chi connectivity index (χ0v) is 15.1. The van der Waals surface area contributed by atoms with Gasteiger partial charge in [0.2, 0.25) is 5.91 Å². The fraction of sp³-hybridized carbons (Fsp3) is 0.619. The second kappa shape index (κ2) is 6.81. The van der Waals surface area contributed by atoms with Gasteiger partial charge in [-0.15, -0.1) is 0 Å². The number of benzene rings is 1. The van der Waals surface area contributed by atoms with E-state index in [9.17, 15) is 9.59 Å². The third kappa shape index (κ3) is 3.44. The zero-order valence-electron chi connectivity index (χ0n) is 15.1. The molecule has 25 heavy (non-hydrogen) atoms. The highest BCUT2D eigenvalue weighted by Crippen LogP contribution is 2.49. The Kier molecular flexibility index (Phi) is 4.53. The number of ketones is 1. The molecular formula is C21H28N2O2. The summed E-state index contributed by atoms with van der Waals surface area (Å²) in [5.74, 6) is 2.86. The number of hydrogen-bond acceptors (Lipinski definition) is 3. The van der Waals surface area contributed by atoms with Crippen LogP contribution in [-0.4, -0.2) is 42.8 Å². The molecule has 1 aromatic carbocycles. The first-order valence-electron chi connectivity index (χ1n) is 9.74. The Morgan fingerprint density at radius 1 is 1.00 bits per heavy atom. The van der Waals surface area contributed by atoms with Crippen molar-refractivity contribution in [3.05, 3.63) is 29.8 Å². The van der Waals surface area contributed by atoms with E-state index in [2.05, 4.69) is 9.80 Å². The van der Waals surface area contributed by atoms with Gasteiger partial charge in [0, 0.05) is 43.9 Å². The summed E-state index contributed by atoms with van der Waals surface area (Å²) < 4.78 is 0. The van der Waals surface area contributed by atoms with Crippen LogP contribution >= 0.6 is 0 Å². The number of rotatable bonds is 4. The Labute approximate surface area is 150 Å². The molecule has 1 aromatic rings. The van der Waals surface area contributed by atoms with E-state index in [-0.39, 0.29) is 5.78 Å². The lowest BCUT2D eigenvalue weighted by Crippen LogP contribution is -2.49. The van der Waals surface area contributed by atoms with Crippen molar-refractivity contribution >= 4 is 17.4 Å². The Morgan fingerprint density at radius 3 is 2.28 bits per heavy atom. The van der Waals surface area contributed by atoms with Crippen LogP contribution in [-0.2, 0) is 4.79 Å². The van der Waals surface area contributed by atoms with Gasteiger partial charge in [0.05, 0.1) is 0 Å². The minimum atomic E-state index is 0.0996. The van der Waals surface area contributed by atoms with E-state index in [1.54, 1.807) is 6.92 Å². The molecule has 4 nitrogen and oxygen atoms in total. The van der Waals surface area contributed by atoms with Gasteiger partial charge in [0.25, 0.3) is 0 Å². The molecule has 2 bridgehead atoms. The molecule has 1 heterocycles. The van der Waals surface area contributed by atoms with Crippen LogP contribution in [0.2, 0.25) is 0 Å². The molecule has 0 unspecified atom stereocenters. The van der Waals surface area contributed by atoms with Crippen LogP contribution in [0.25, 0.3) is 0 Å². The number of fused-ring (bicyclic) bond motifs is 2. The number of Topliss-reactive ketones (excluding diaryl/α,β-unsaturated/α-hetero) is 1. The molecule has 0 spiro atoms. The van der Waals surface area contributed by atoms with Crippen LogP contribution in [0.15, 0.2) is 24.3 Å². The first-order chi connectivity index (χ1) is 12.1. The molecule has 1 saturated heterocycles. The van der Waals surface area contributed by atoms with Crippen LogP contribution < -0.4 is 4.90 Å². The van der Waals surface area contributed by atoms with Gasteiger partial charge in [0.1, 0.15) is 0 Å². The van der Waals surface area contributed by atoms with Crippen LogP contribution in [0.5, 0.6) is 0 Å². The fourth-order valence-corrected chi connectivity index (χ4v) is 5.10. The van der Waals surface area contributed by atoms with Crippen molar-refractivity contribution < 1.29 is 9.59 Å². The van der Waals surface area contributed by atoms with Gasteiger partial charge < -0.3 is 9.80 Å². The third-order valence-electron chi connectivity index (χ3n) is 6.59. The molecule has 0 N–H and O–H groups in total. The Morgan fingerprint density at radius 2 is 1.72 bits per heavy atom. The standard InChI is InChI=1S/C21H28N2O2/c1-15(24)17-4-6-20(7-5-17)22-8-10-23(11-9-22)21(25)14-19-13-16-2-3-18(19)12-16/h4-7,16,18-19H,2-3,8-14H2,1H3/t16-,18+,19-/m0/s1. The summed E-state index contributed by atoms with van der Waals surface area (Å²) >= 11 is 0. The molecule has 1 amide bonds.